The van der Waals surface area contributed by atoms with Gasteiger partial charge in [0.05, 0.1) is 12.5 Å². The molecular weight excluding hydrogens is 364 g/mol. The van der Waals surface area contributed by atoms with Gasteiger partial charge in [0.2, 0.25) is 5.91 Å². The lowest BCUT2D eigenvalue weighted by Crippen LogP contribution is -2.52. The Bertz CT molecular complexity index is 651. The average molecular weight is 401 g/mol. The molecule has 0 radical (unpaired) electrons. The first-order chi connectivity index (χ1) is 14.2. The maximum Gasteiger partial charge on any atom is 0.224 e. The molecule has 1 atom stereocenters. The van der Waals surface area contributed by atoms with Gasteiger partial charge >= 0.3 is 0 Å². The number of hydrogen-bond donors (Lipinski definition) is 2. The van der Waals surface area contributed by atoms with Gasteiger partial charge in [0.15, 0.2) is 0 Å². The molecule has 1 aromatic heterocycles. The van der Waals surface area contributed by atoms with Crippen molar-refractivity contribution in [3.05, 3.63) is 30.1 Å². The molecule has 160 valence electrons. The fourth-order valence-electron chi connectivity index (χ4n) is 5.23. The Balaban J connectivity index is 1.22. The third-order valence-corrected chi connectivity index (χ3v) is 7.44. The third-order valence-electron chi connectivity index (χ3n) is 7.44. The van der Waals surface area contributed by atoms with Crippen LogP contribution in [0.25, 0.3) is 0 Å². The molecule has 3 heterocycles. The van der Waals surface area contributed by atoms with E-state index in [2.05, 4.69) is 32.2 Å². The van der Waals surface area contributed by atoms with Gasteiger partial charge in [-0.3, -0.25) is 19.6 Å². The minimum Gasteiger partial charge on any atom is -0.396 e. The van der Waals surface area contributed by atoms with Gasteiger partial charge in [0, 0.05) is 43.5 Å². The molecule has 3 aliphatic rings. The van der Waals surface area contributed by atoms with Crippen molar-refractivity contribution in [3.8, 4) is 0 Å². The number of hydrogen-bond acceptors (Lipinski definition) is 5. The number of aliphatic hydroxyl groups excluding tert-OH is 1. The summed E-state index contributed by atoms with van der Waals surface area (Å²) in [5.74, 6) is 0.305. The summed E-state index contributed by atoms with van der Waals surface area (Å²) in [6.07, 6.45) is 11.5. The number of likely N-dealkylation sites (tertiary alicyclic amines) is 2. The van der Waals surface area contributed by atoms with E-state index in [0.29, 0.717) is 12.6 Å². The average Bonchev–Trinajstić information content (AvgIpc) is 2.74. The van der Waals surface area contributed by atoms with E-state index in [1.807, 2.05) is 12.4 Å². The predicted octanol–water partition coefficient (Wildman–Crippen LogP) is 2.04. The zero-order valence-electron chi connectivity index (χ0n) is 17.6. The quantitative estimate of drug-likeness (QED) is 0.733. The number of rotatable bonds is 7. The minimum absolute atomic E-state index is 0.0361. The van der Waals surface area contributed by atoms with E-state index in [1.165, 1.54) is 24.8 Å². The number of amides is 1. The Hall–Kier alpha value is -1.50. The van der Waals surface area contributed by atoms with Crippen LogP contribution in [0.4, 0.5) is 0 Å². The first kappa shape index (κ1) is 20.8. The van der Waals surface area contributed by atoms with Gasteiger partial charge in [-0.2, -0.15) is 0 Å². The van der Waals surface area contributed by atoms with Gasteiger partial charge in [0.25, 0.3) is 0 Å². The number of carbonyl (C=O) groups is 1. The third kappa shape index (κ3) is 5.16. The predicted molar refractivity (Wildman–Crippen MR) is 113 cm³/mol. The van der Waals surface area contributed by atoms with Crippen LogP contribution in [0.5, 0.6) is 0 Å². The van der Waals surface area contributed by atoms with Gasteiger partial charge in [-0.1, -0.05) is 6.42 Å². The second-order valence-electron chi connectivity index (χ2n) is 9.43. The van der Waals surface area contributed by atoms with Crippen LogP contribution in [0.2, 0.25) is 0 Å². The largest absolute Gasteiger partial charge is 0.396 e. The lowest BCUT2D eigenvalue weighted by molar-refractivity contribution is -0.128. The smallest absolute Gasteiger partial charge is 0.224 e. The van der Waals surface area contributed by atoms with Gasteiger partial charge in [-0.25, -0.2) is 0 Å². The molecule has 3 fully saturated rings. The summed E-state index contributed by atoms with van der Waals surface area (Å²) in [5.41, 5.74) is 1.30. The standard InChI is InChI=1S/C23H36N4O2/c28-18-23(8-2-9-23)17-25-22(29)20-3-1-12-27(16-20)21-6-13-26(14-7-21)15-19-4-10-24-11-5-19/h4-5,10-11,20-21,28H,1-3,6-9,12-18H2,(H,25,29)/t20-/m1/s1. The number of pyridine rings is 1. The van der Waals surface area contributed by atoms with E-state index in [9.17, 15) is 9.90 Å². The highest BCUT2D eigenvalue weighted by Crippen LogP contribution is 2.39. The highest BCUT2D eigenvalue weighted by atomic mass is 16.3. The topological polar surface area (TPSA) is 68.7 Å². The molecule has 2 aliphatic heterocycles. The molecule has 6 heteroatoms. The van der Waals surface area contributed by atoms with Gasteiger partial charge < -0.3 is 10.4 Å². The summed E-state index contributed by atoms with van der Waals surface area (Å²) in [6.45, 7) is 6.12. The summed E-state index contributed by atoms with van der Waals surface area (Å²) in [6, 6.07) is 4.81. The molecule has 0 aromatic carbocycles. The van der Waals surface area contributed by atoms with Crippen molar-refractivity contribution < 1.29 is 9.90 Å². The molecule has 4 rings (SSSR count). The van der Waals surface area contributed by atoms with E-state index in [4.69, 9.17) is 0 Å². The molecular formula is C23H36N4O2. The molecule has 0 spiro atoms. The van der Waals surface area contributed by atoms with E-state index in [0.717, 1.165) is 58.4 Å². The second-order valence-corrected chi connectivity index (χ2v) is 9.43. The summed E-state index contributed by atoms with van der Waals surface area (Å²) >= 11 is 0. The monoisotopic (exact) mass is 400 g/mol. The number of nitrogens with one attached hydrogen (secondary N) is 1. The van der Waals surface area contributed by atoms with Crippen LogP contribution < -0.4 is 5.32 Å². The van der Waals surface area contributed by atoms with Crippen LogP contribution in [-0.4, -0.2) is 71.2 Å². The molecule has 2 N–H and O–H groups in total. The Kier molecular flexibility index (Phi) is 6.83. The Morgan fingerprint density at radius 3 is 2.55 bits per heavy atom. The van der Waals surface area contributed by atoms with Gasteiger partial charge in [-0.15, -0.1) is 0 Å². The number of aromatic nitrogens is 1. The number of carbonyl (C=O) groups excluding carboxylic acids is 1. The van der Waals surface area contributed by atoms with Crippen LogP contribution in [0.15, 0.2) is 24.5 Å². The van der Waals surface area contributed by atoms with Crippen molar-refractivity contribution in [2.75, 3.05) is 39.3 Å². The van der Waals surface area contributed by atoms with Crippen molar-refractivity contribution in [2.24, 2.45) is 11.3 Å². The summed E-state index contributed by atoms with van der Waals surface area (Å²) in [4.78, 5) is 22.0. The second kappa shape index (κ2) is 9.54. The van der Waals surface area contributed by atoms with Crippen molar-refractivity contribution >= 4 is 5.91 Å². The van der Waals surface area contributed by atoms with Crippen LogP contribution in [-0.2, 0) is 11.3 Å². The minimum atomic E-state index is -0.0361. The van der Waals surface area contributed by atoms with Crippen molar-refractivity contribution in [2.45, 2.75) is 57.5 Å². The van der Waals surface area contributed by atoms with Crippen molar-refractivity contribution in [1.82, 2.24) is 20.1 Å². The van der Waals surface area contributed by atoms with Crippen molar-refractivity contribution in [3.63, 3.8) is 0 Å². The molecule has 2 saturated heterocycles. The normalized spacial score (nSPS) is 26.0. The zero-order chi connectivity index (χ0) is 20.1. The van der Waals surface area contributed by atoms with E-state index in [1.54, 1.807) is 0 Å². The SMILES string of the molecule is O=C(NCC1(CO)CCC1)[C@@H]1CCCN(C2CCN(Cc3ccncc3)CC2)C1. The maximum atomic E-state index is 12.8. The number of aliphatic hydroxyl groups is 1. The maximum absolute atomic E-state index is 12.8. The highest BCUT2D eigenvalue weighted by molar-refractivity contribution is 5.79. The summed E-state index contributed by atoms with van der Waals surface area (Å²) < 4.78 is 0. The van der Waals surface area contributed by atoms with Gasteiger partial charge in [-0.05, 0) is 75.9 Å². The lowest BCUT2D eigenvalue weighted by atomic mass is 9.69. The number of piperidine rings is 2. The molecule has 6 nitrogen and oxygen atoms in total. The van der Waals surface area contributed by atoms with Crippen LogP contribution >= 0.6 is 0 Å². The molecule has 1 saturated carbocycles. The van der Waals surface area contributed by atoms with E-state index < -0.39 is 0 Å². The summed E-state index contributed by atoms with van der Waals surface area (Å²) in [5, 5.41) is 12.8. The van der Waals surface area contributed by atoms with E-state index >= 15 is 0 Å². The summed E-state index contributed by atoms with van der Waals surface area (Å²) in [7, 11) is 0. The molecule has 0 unspecified atom stereocenters. The Morgan fingerprint density at radius 1 is 1.14 bits per heavy atom. The lowest BCUT2D eigenvalue weighted by Gasteiger charge is -2.43. The zero-order valence-corrected chi connectivity index (χ0v) is 17.6. The molecule has 29 heavy (non-hydrogen) atoms. The van der Waals surface area contributed by atoms with Crippen LogP contribution in [0.1, 0.15) is 50.5 Å². The van der Waals surface area contributed by atoms with Gasteiger partial charge in [0.1, 0.15) is 0 Å². The molecule has 1 amide bonds. The highest BCUT2D eigenvalue weighted by Gasteiger charge is 2.38. The molecule has 1 aromatic rings. The first-order valence-electron chi connectivity index (χ1n) is 11.4. The van der Waals surface area contributed by atoms with Crippen LogP contribution in [0.3, 0.4) is 0 Å². The Morgan fingerprint density at radius 2 is 1.90 bits per heavy atom. The van der Waals surface area contributed by atoms with E-state index in [-0.39, 0.29) is 23.8 Å². The fourth-order valence-corrected chi connectivity index (χ4v) is 5.23. The van der Waals surface area contributed by atoms with Crippen molar-refractivity contribution in [1.29, 1.82) is 0 Å². The molecule has 1 aliphatic carbocycles. The number of nitrogens with zero attached hydrogens (tertiary/aromatic N) is 3. The first-order valence-corrected chi connectivity index (χ1v) is 11.4. The fraction of sp³-hybridized carbons (Fsp3) is 0.739. The van der Waals surface area contributed by atoms with Crippen LogP contribution in [0, 0.1) is 11.3 Å². The Labute approximate surface area is 174 Å². The molecule has 0 bridgehead atoms.